The van der Waals surface area contributed by atoms with Gasteiger partial charge in [-0.25, -0.2) is 0 Å². The van der Waals surface area contributed by atoms with Crippen molar-refractivity contribution in [2.24, 2.45) is 0 Å². The van der Waals surface area contributed by atoms with Gasteiger partial charge in [-0.1, -0.05) is 35.3 Å². The number of carbonyl (C=O) groups excluding carboxylic acids is 1. The summed E-state index contributed by atoms with van der Waals surface area (Å²) in [5, 5.41) is 0. The van der Waals surface area contributed by atoms with Gasteiger partial charge in [-0.2, -0.15) is 0 Å². The summed E-state index contributed by atoms with van der Waals surface area (Å²) in [7, 11) is 1.39. The van der Waals surface area contributed by atoms with Crippen molar-refractivity contribution in [2.45, 2.75) is 52.9 Å². The Balaban J connectivity index is 2.59. The van der Waals surface area contributed by atoms with E-state index in [9.17, 15) is 4.79 Å². The van der Waals surface area contributed by atoms with Crippen molar-refractivity contribution in [1.29, 1.82) is 0 Å². The topological polar surface area (TPSA) is 35.5 Å². The van der Waals surface area contributed by atoms with Gasteiger partial charge in [0.2, 0.25) is 0 Å². The maximum Gasteiger partial charge on any atom is 0.307 e. The predicted molar refractivity (Wildman–Crippen MR) is 107 cm³/mol. The van der Waals surface area contributed by atoms with E-state index < -0.39 is 0 Å². The highest BCUT2D eigenvalue weighted by Crippen LogP contribution is 2.22. The average molecular weight is 354 g/mol. The first kappa shape index (κ1) is 21.6. The fourth-order valence-corrected chi connectivity index (χ4v) is 2.44. The molecule has 0 spiro atoms. The Kier molecular flexibility index (Phi) is 9.94. The lowest BCUT2D eigenvalue weighted by Gasteiger charge is -2.11. The summed E-state index contributed by atoms with van der Waals surface area (Å²) < 4.78 is 10.5. The average Bonchev–Trinajstić information content (AvgIpc) is 2.61. The highest BCUT2D eigenvalue weighted by Gasteiger charge is 2.14. The summed E-state index contributed by atoms with van der Waals surface area (Å²) in [6.45, 7) is 8.70. The van der Waals surface area contributed by atoms with Crippen LogP contribution in [0, 0.1) is 11.8 Å². The summed E-state index contributed by atoms with van der Waals surface area (Å²) >= 11 is 0. The minimum absolute atomic E-state index is 0.154. The molecule has 1 aromatic rings. The Morgan fingerprint density at radius 2 is 1.85 bits per heavy atom. The van der Waals surface area contributed by atoms with Crippen molar-refractivity contribution < 1.29 is 14.3 Å². The standard InChI is InChI=1S/C23H30O3/c1-6-8-21(17-23(24)25-5)20-11-13-22(14-12-20)26-16-15-19(4)10-7-9-18(2)3/h9,11-15,21H,7,10,16-17H2,1-5H3/b19-15+/t21-/m0/s1. The number of hydrogen-bond acceptors (Lipinski definition) is 3. The largest absolute Gasteiger partial charge is 0.490 e. The third-order valence-corrected chi connectivity index (χ3v) is 3.97. The fourth-order valence-electron chi connectivity index (χ4n) is 2.44. The molecule has 1 aromatic carbocycles. The molecule has 3 nitrogen and oxygen atoms in total. The van der Waals surface area contributed by atoms with Gasteiger partial charge in [0.15, 0.2) is 0 Å². The van der Waals surface area contributed by atoms with Crippen molar-refractivity contribution in [3.05, 3.63) is 53.1 Å². The number of ether oxygens (including phenoxy) is 2. The highest BCUT2D eigenvalue weighted by molar-refractivity contribution is 5.71. The highest BCUT2D eigenvalue weighted by atomic mass is 16.5. The molecule has 1 atom stereocenters. The molecule has 26 heavy (non-hydrogen) atoms. The molecule has 0 unspecified atom stereocenters. The molecule has 0 amide bonds. The lowest BCUT2D eigenvalue weighted by Crippen LogP contribution is -2.07. The Morgan fingerprint density at radius 3 is 2.42 bits per heavy atom. The molecule has 0 aliphatic rings. The van der Waals surface area contributed by atoms with Crippen LogP contribution in [0.15, 0.2) is 47.6 Å². The summed E-state index contributed by atoms with van der Waals surface area (Å²) in [5.41, 5.74) is 3.67. The van der Waals surface area contributed by atoms with Crippen LogP contribution in [-0.4, -0.2) is 19.7 Å². The normalized spacial score (nSPS) is 11.8. The monoisotopic (exact) mass is 354 g/mol. The van der Waals surface area contributed by atoms with Crippen molar-refractivity contribution in [3.8, 4) is 17.6 Å². The molecule has 0 saturated heterocycles. The minimum Gasteiger partial charge on any atom is -0.490 e. The molecule has 0 saturated carbocycles. The van der Waals surface area contributed by atoms with E-state index in [0.29, 0.717) is 6.61 Å². The molecule has 3 heteroatoms. The maximum absolute atomic E-state index is 11.5. The van der Waals surface area contributed by atoms with E-state index in [0.717, 1.165) is 24.2 Å². The van der Waals surface area contributed by atoms with E-state index in [2.05, 4.69) is 44.8 Å². The number of carbonyl (C=O) groups is 1. The van der Waals surface area contributed by atoms with Crippen LogP contribution in [0.2, 0.25) is 0 Å². The minimum atomic E-state index is -0.258. The summed E-state index contributed by atoms with van der Waals surface area (Å²) in [5.74, 6) is 6.34. The smallest absolute Gasteiger partial charge is 0.307 e. The first-order valence-electron chi connectivity index (χ1n) is 8.97. The number of allylic oxidation sites excluding steroid dienone is 3. The number of benzene rings is 1. The molecule has 0 heterocycles. The second kappa shape index (κ2) is 12.0. The van der Waals surface area contributed by atoms with Gasteiger partial charge >= 0.3 is 5.97 Å². The Morgan fingerprint density at radius 1 is 1.15 bits per heavy atom. The molecular weight excluding hydrogens is 324 g/mol. The third kappa shape index (κ3) is 8.58. The molecule has 0 bridgehead atoms. The molecule has 0 aromatic heterocycles. The fraction of sp³-hybridized carbons (Fsp3) is 0.435. The van der Waals surface area contributed by atoms with Crippen LogP contribution in [-0.2, 0) is 9.53 Å². The lowest BCUT2D eigenvalue weighted by atomic mass is 9.96. The molecule has 140 valence electrons. The van der Waals surface area contributed by atoms with Crippen molar-refractivity contribution in [3.63, 3.8) is 0 Å². The zero-order valence-electron chi connectivity index (χ0n) is 16.6. The third-order valence-electron chi connectivity index (χ3n) is 3.97. The van der Waals surface area contributed by atoms with Crippen LogP contribution < -0.4 is 4.74 Å². The van der Waals surface area contributed by atoms with Gasteiger partial charge in [-0.15, -0.1) is 5.92 Å². The quantitative estimate of drug-likeness (QED) is 0.337. The van der Waals surface area contributed by atoms with E-state index in [1.54, 1.807) is 6.92 Å². The molecule has 1 rings (SSSR count). The lowest BCUT2D eigenvalue weighted by molar-refractivity contribution is -0.140. The van der Waals surface area contributed by atoms with E-state index in [-0.39, 0.29) is 18.3 Å². The summed E-state index contributed by atoms with van der Waals surface area (Å²) in [4.78, 5) is 11.5. The SMILES string of the molecule is CC#C[C@@H](CC(=O)OC)c1ccc(OC/C=C(\C)CCC=C(C)C)cc1. The van der Waals surface area contributed by atoms with Crippen LogP contribution >= 0.6 is 0 Å². The zero-order valence-corrected chi connectivity index (χ0v) is 16.6. The van der Waals surface area contributed by atoms with Gasteiger partial charge in [0.05, 0.1) is 19.4 Å². The Labute approximate surface area is 158 Å². The Bertz CT molecular complexity index is 680. The van der Waals surface area contributed by atoms with Gasteiger partial charge in [-0.05, 0) is 64.3 Å². The first-order chi connectivity index (χ1) is 12.5. The van der Waals surface area contributed by atoms with Gasteiger partial charge in [0.25, 0.3) is 0 Å². The number of hydrogen-bond donors (Lipinski definition) is 0. The molecule has 0 radical (unpaired) electrons. The van der Waals surface area contributed by atoms with E-state index in [1.165, 1.54) is 18.3 Å². The molecular formula is C23H30O3. The number of esters is 1. The molecule has 0 N–H and O–H groups in total. The predicted octanol–water partition coefficient (Wildman–Crippen LogP) is 5.43. The molecule has 0 aliphatic heterocycles. The van der Waals surface area contributed by atoms with Crippen molar-refractivity contribution in [2.75, 3.05) is 13.7 Å². The summed E-state index contributed by atoms with van der Waals surface area (Å²) in [6, 6.07) is 7.75. The summed E-state index contributed by atoms with van der Waals surface area (Å²) in [6.07, 6.45) is 6.75. The second-order valence-corrected chi connectivity index (χ2v) is 6.48. The number of methoxy groups -OCH3 is 1. The van der Waals surface area contributed by atoms with Crippen LogP contribution in [0.3, 0.4) is 0 Å². The molecule has 0 fully saturated rings. The zero-order chi connectivity index (χ0) is 19.4. The van der Waals surface area contributed by atoms with E-state index in [4.69, 9.17) is 9.47 Å². The second-order valence-electron chi connectivity index (χ2n) is 6.48. The van der Waals surface area contributed by atoms with E-state index >= 15 is 0 Å². The van der Waals surface area contributed by atoms with Crippen molar-refractivity contribution in [1.82, 2.24) is 0 Å². The maximum atomic E-state index is 11.5. The van der Waals surface area contributed by atoms with Crippen LogP contribution in [0.25, 0.3) is 0 Å². The Hall–Kier alpha value is -2.47. The number of rotatable bonds is 9. The van der Waals surface area contributed by atoms with Gasteiger partial charge in [-0.3, -0.25) is 4.79 Å². The molecule has 0 aliphatic carbocycles. The van der Waals surface area contributed by atoms with Gasteiger partial charge in [0.1, 0.15) is 12.4 Å². The van der Waals surface area contributed by atoms with Crippen LogP contribution in [0.1, 0.15) is 58.4 Å². The first-order valence-corrected chi connectivity index (χ1v) is 8.97. The van der Waals surface area contributed by atoms with Crippen molar-refractivity contribution >= 4 is 5.97 Å². The van der Waals surface area contributed by atoms with Gasteiger partial charge < -0.3 is 9.47 Å². The van der Waals surface area contributed by atoms with Crippen LogP contribution in [0.5, 0.6) is 5.75 Å². The van der Waals surface area contributed by atoms with Crippen LogP contribution in [0.4, 0.5) is 0 Å². The van der Waals surface area contributed by atoms with Gasteiger partial charge in [0, 0.05) is 0 Å². The van der Waals surface area contributed by atoms with E-state index in [1.807, 2.05) is 24.3 Å².